The number of carbonyl (C=O) groups excluding carboxylic acids is 1. The number of Topliss-reactive ketones (excluding diaryl/α,β-unsaturated/α-hetero) is 1. The number of rotatable bonds is 1. The summed E-state index contributed by atoms with van der Waals surface area (Å²) in [6, 6.07) is 3.41. The topological polar surface area (TPSA) is 47.6 Å². The number of nitrogens with one attached hydrogen (secondary N) is 1. The van der Waals surface area contributed by atoms with Crippen molar-refractivity contribution in [3.63, 3.8) is 0 Å². The average molecular weight is 318 g/mol. The Morgan fingerprint density at radius 3 is 2.70 bits per heavy atom. The summed E-state index contributed by atoms with van der Waals surface area (Å²) in [6.45, 7) is 1.75. The van der Waals surface area contributed by atoms with Crippen molar-refractivity contribution in [1.29, 1.82) is 0 Å². The van der Waals surface area contributed by atoms with E-state index in [-0.39, 0.29) is 23.8 Å². The highest BCUT2D eigenvalue weighted by molar-refractivity contribution is 6.34. The Hall–Kier alpha value is -0.970. The molecule has 1 spiro atoms. The largest absolute Gasteiger partial charge is 0.497 e. The number of hydrogen-bond donors (Lipinski definition) is 1. The SMILES string of the molecule is COc1cc(Cl)c2c(c1)OC1(CCNCC1)CC2=O.Cl. The lowest BCUT2D eigenvalue weighted by Gasteiger charge is -2.41. The fraction of sp³-hybridized carbons (Fsp3) is 0.500. The van der Waals surface area contributed by atoms with Gasteiger partial charge in [-0.1, -0.05) is 11.6 Å². The maximum Gasteiger partial charge on any atom is 0.172 e. The van der Waals surface area contributed by atoms with Gasteiger partial charge >= 0.3 is 0 Å². The number of halogens is 2. The molecule has 0 saturated carbocycles. The molecular weight excluding hydrogens is 301 g/mol. The van der Waals surface area contributed by atoms with E-state index in [2.05, 4.69) is 5.32 Å². The quantitative estimate of drug-likeness (QED) is 0.865. The predicted molar refractivity (Wildman–Crippen MR) is 79.7 cm³/mol. The average Bonchev–Trinajstić information content (AvgIpc) is 2.38. The number of ether oxygens (including phenoxy) is 2. The highest BCUT2D eigenvalue weighted by Crippen LogP contribution is 2.42. The van der Waals surface area contributed by atoms with Gasteiger partial charge in [0.25, 0.3) is 0 Å². The van der Waals surface area contributed by atoms with Gasteiger partial charge in [-0.25, -0.2) is 0 Å². The van der Waals surface area contributed by atoms with E-state index in [1.54, 1.807) is 19.2 Å². The number of methoxy groups -OCH3 is 1. The molecule has 0 bridgehead atoms. The van der Waals surface area contributed by atoms with Crippen molar-refractivity contribution in [2.75, 3.05) is 20.2 Å². The molecular formula is C14H17Cl2NO3. The zero-order valence-electron chi connectivity index (χ0n) is 11.2. The lowest BCUT2D eigenvalue weighted by Crippen LogP contribution is -2.49. The van der Waals surface area contributed by atoms with Gasteiger partial charge in [0.15, 0.2) is 5.78 Å². The van der Waals surface area contributed by atoms with Gasteiger partial charge in [-0.2, -0.15) is 0 Å². The minimum atomic E-state index is -0.370. The Bertz CT molecular complexity index is 527. The maximum atomic E-state index is 12.4. The van der Waals surface area contributed by atoms with Crippen LogP contribution in [0.25, 0.3) is 0 Å². The van der Waals surface area contributed by atoms with Crippen LogP contribution in [-0.4, -0.2) is 31.6 Å². The molecule has 4 nitrogen and oxygen atoms in total. The van der Waals surface area contributed by atoms with E-state index in [9.17, 15) is 4.79 Å². The Kier molecular flexibility index (Phi) is 4.47. The summed E-state index contributed by atoms with van der Waals surface area (Å²) in [5, 5.41) is 3.69. The molecule has 6 heteroatoms. The fourth-order valence-electron chi connectivity index (χ4n) is 2.84. The van der Waals surface area contributed by atoms with Crippen molar-refractivity contribution in [2.45, 2.75) is 24.9 Å². The molecule has 1 N–H and O–H groups in total. The van der Waals surface area contributed by atoms with Gasteiger partial charge in [0.1, 0.15) is 17.1 Å². The van der Waals surface area contributed by atoms with Crippen LogP contribution < -0.4 is 14.8 Å². The van der Waals surface area contributed by atoms with E-state index in [1.807, 2.05) is 0 Å². The summed E-state index contributed by atoms with van der Waals surface area (Å²) in [4.78, 5) is 12.4. The third kappa shape index (κ3) is 2.60. The third-order valence-corrected chi connectivity index (χ3v) is 4.16. The van der Waals surface area contributed by atoms with E-state index in [1.165, 1.54) is 0 Å². The number of hydrogen-bond acceptors (Lipinski definition) is 4. The molecule has 20 heavy (non-hydrogen) atoms. The van der Waals surface area contributed by atoms with Crippen molar-refractivity contribution in [2.24, 2.45) is 0 Å². The first-order valence-corrected chi connectivity index (χ1v) is 6.82. The summed E-state index contributed by atoms with van der Waals surface area (Å²) in [5.41, 5.74) is 0.122. The van der Waals surface area contributed by atoms with Gasteiger partial charge in [0, 0.05) is 18.9 Å². The first-order chi connectivity index (χ1) is 9.13. The van der Waals surface area contributed by atoms with E-state index in [0.717, 1.165) is 25.9 Å². The van der Waals surface area contributed by atoms with Crippen LogP contribution in [0.4, 0.5) is 0 Å². The molecule has 2 aliphatic heterocycles. The molecule has 0 aliphatic carbocycles. The zero-order chi connectivity index (χ0) is 13.5. The summed E-state index contributed by atoms with van der Waals surface area (Å²) >= 11 is 6.16. The number of piperidine rings is 1. The van der Waals surface area contributed by atoms with Crippen molar-refractivity contribution in [3.8, 4) is 11.5 Å². The molecule has 2 aliphatic rings. The molecule has 0 aromatic heterocycles. The molecule has 0 unspecified atom stereocenters. The smallest absolute Gasteiger partial charge is 0.172 e. The van der Waals surface area contributed by atoms with Gasteiger partial charge in [0.2, 0.25) is 0 Å². The van der Waals surface area contributed by atoms with E-state index < -0.39 is 0 Å². The standard InChI is InChI=1S/C14H16ClNO3.ClH/c1-18-9-6-10(15)13-11(17)8-14(19-12(13)7-9)2-4-16-5-3-14;/h6-7,16H,2-5,8H2,1H3;1H. The molecule has 1 aromatic carbocycles. The highest BCUT2D eigenvalue weighted by Gasteiger charge is 2.42. The number of benzene rings is 1. The number of carbonyl (C=O) groups is 1. The van der Waals surface area contributed by atoms with E-state index in [0.29, 0.717) is 28.5 Å². The molecule has 2 heterocycles. The molecule has 1 fully saturated rings. The second-order valence-electron chi connectivity index (χ2n) is 5.12. The van der Waals surface area contributed by atoms with Crippen molar-refractivity contribution in [3.05, 3.63) is 22.7 Å². The summed E-state index contributed by atoms with van der Waals surface area (Å²) in [7, 11) is 1.57. The first-order valence-electron chi connectivity index (χ1n) is 6.44. The molecule has 1 saturated heterocycles. The van der Waals surface area contributed by atoms with E-state index >= 15 is 0 Å². The Labute approximate surface area is 129 Å². The van der Waals surface area contributed by atoms with Crippen LogP contribution in [0.1, 0.15) is 29.6 Å². The van der Waals surface area contributed by atoms with Gasteiger partial charge in [-0.3, -0.25) is 4.79 Å². The number of fused-ring (bicyclic) bond motifs is 1. The Balaban J connectivity index is 0.00000147. The van der Waals surface area contributed by atoms with Crippen LogP contribution in [0, 0.1) is 0 Å². The molecule has 110 valence electrons. The lowest BCUT2D eigenvalue weighted by molar-refractivity contribution is 0.0186. The van der Waals surface area contributed by atoms with Crippen LogP contribution in [0.5, 0.6) is 11.5 Å². The summed E-state index contributed by atoms with van der Waals surface area (Å²) in [6.07, 6.45) is 2.09. The molecule has 0 atom stereocenters. The minimum Gasteiger partial charge on any atom is -0.497 e. The van der Waals surface area contributed by atoms with Crippen molar-refractivity contribution >= 4 is 29.8 Å². The molecule has 0 radical (unpaired) electrons. The number of ketones is 1. The maximum absolute atomic E-state index is 12.4. The lowest BCUT2D eigenvalue weighted by atomic mass is 9.83. The van der Waals surface area contributed by atoms with Gasteiger partial charge in [-0.05, 0) is 19.2 Å². The van der Waals surface area contributed by atoms with Crippen LogP contribution in [0.3, 0.4) is 0 Å². The zero-order valence-corrected chi connectivity index (χ0v) is 12.8. The second kappa shape index (κ2) is 5.80. The fourth-order valence-corrected chi connectivity index (χ4v) is 3.14. The first kappa shape index (κ1) is 15.4. The van der Waals surface area contributed by atoms with Crippen molar-refractivity contribution in [1.82, 2.24) is 5.32 Å². The Morgan fingerprint density at radius 1 is 1.35 bits per heavy atom. The van der Waals surface area contributed by atoms with Crippen LogP contribution in [0.2, 0.25) is 5.02 Å². The van der Waals surface area contributed by atoms with E-state index in [4.69, 9.17) is 21.1 Å². The monoisotopic (exact) mass is 317 g/mol. The summed E-state index contributed by atoms with van der Waals surface area (Å²) in [5.74, 6) is 1.24. The minimum absolute atomic E-state index is 0. The molecule has 1 aromatic rings. The molecule has 0 amide bonds. The highest BCUT2D eigenvalue weighted by atomic mass is 35.5. The molecule has 3 rings (SSSR count). The normalized spacial score (nSPS) is 19.8. The van der Waals surface area contributed by atoms with Gasteiger partial charge in [0.05, 0.1) is 24.1 Å². The van der Waals surface area contributed by atoms with Gasteiger partial charge < -0.3 is 14.8 Å². The van der Waals surface area contributed by atoms with Crippen LogP contribution in [0.15, 0.2) is 12.1 Å². The summed E-state index contributed by atoms with van der Waals surface area (Å²) < 4.78 is 11.3. The van der Waals surface area contributed by atoms with Crippen LogP contribution >= 0.6 is 24.0 Å². The van der Waals surface area contributed by atoms with Gasteiger partial charge in [-0.15, -0.1) is 12.4 Å². The van der Waals surface area contributed by atoms with Crippen molar-refractivity contribution < 1.29 is 14.3 Å². The second-order valence-corrected chi connectivity index (χ2v) is 5.52. The predicted octanol–water partition coefficient (Wildman–Crippen LogP) is 2.86. The third-order valence-electron chi connectivity index (χ3n) is 3.87. The Morgan fingerprint density at radius 2 is 2.05 bits per heavy atom. The van der Waals surface area contributed by atoms with Crippen LogP contribution in [-0.2, 0) is 0 Å².